The molecule has 3 rings (SSSR count). The molecule has 0 spiro atoms. The number of amides is 1. The van der Waals surface area contributed by atoms with Crippen LogP contribution in [0.5, 0.6) is 0 Å². The maximum absolute atomic E-state index is 12.6. The topological polar surface area (TPSA) is 114 Å². The molecule has 126 valence electrons. The molecular weight excluding hydrogens is 306 g/mol. The lowest BCUT2D eigenvalue weighted by Crippen LogP contribution is -2.48. The first-order chi connectivity index (χ1) is 11.5. The van der Waals surface area contributed by atoms with Gasteiger partial charge in [-0.05, 0) is 37.8 Å². The first-order valence-electron chi connectivity index (χ1n) is 8.01. The van der Waals surface area contributed by atoms with Crippen LogP contribution < -0.4 is 11.1 Å². The second kappa shape index (κ2) is 6.92. The second-order valence-corrected chi connectivity index (χ2v) is 6.22. The first kappa shape index (κ1) is 16.3. The monoisotopic (exact) mass is 327 g/mol. The molecule has 2 aromatic rings. The summed E-state index contributed by atoms with van der Waals surface area (Å²) in [7, 11) is 0. The molecule has 4 N–H and O–H groups in total. The fourth-order valence-corrected chi connectivity index (χ4v) is 2.99. The molecule has 2 heterocycles. The maximum Gasteiger partial charge on any atom is 0.254 e. The molecule has 0 unspecified atom stereocenters. The number of nitrogens with two attached hydrogens (primary N) is 1. The van der Waals surface area contributed by atoms with E-state index in [2.05, 4.69) is 20.3 Å². The Morgan fingerprint density at radius 2 is 2.21 bits per heavy atom. The number of carbonyl (C=O) groups excluding carboxylic acids is 1. The van der Waals surface area contributed by atoms with E-state index >= 15 is 0 Å². The van der Waals surface area contributed by atoms with Gasteiger partial charge in [0.2, 0.25) is 5.95 Å². The van der Waals surface area contributed by atoms with Crippen LogP contribution in [0.2, 0.25) is 0 Å². The number of aliphatic hydroxyl groups is 1. The Balaban J connectivity index is 1.74. The molecule has 1 saturated carbocycles. The van der Waals surface area contributed by atoms with E-state index in [1.165, 1.54) is 6.20 Å². The van der Waals surface area contributed by atoms with Crippen molar-refractivity contribution in [3.05, 3.63) is 47.5 Å². The number of pyridine rings is 1. The van der Waals surface area contributed by atoms with Gasteiger partial charge in [0.25, 0.3) is 5.91 Å². The van der Waals surface area contributed by atoms with E-state index in [0.717, 1.165) is 5.69 Å². The third kappa shape index (κ3) is 3.68. The highest BCUT2D eigenvalue weighted by molar-refractivity contribution is 5.95. The van der Waals surface area contributed by atoms with Crippen LogP contribution >= 0.6 is 0 Å². The second-order valence-electron chi connectivity index (χ2n) is 6.22. The van der Waals surface area contributed by atoms with Crippen molar-refractivity contribution in [1.29, 1.82) is 0 Å². The van der Waals surface area contributed by atoms with Gasteiger partial charge in [0.05, 0.1) is 17.4 Å². The molecule has 24 heavy (non-hydrogen) atoms. The number of aromatic nitrogens is 3. The Hall–Kier alpha value is -2.54. The predicted molar refractivity (Wildman–Crippen MR) is 89.1 cm³/mol. The molecule has 0 aliphatic heterocycles. The van der Waals surface area contributed by atoms with Crippen LogP contribution in [0.1, 0.15) is 34.6 Å². The summed E-state index contributed by atoms with van der Waals surface area (Å²) in [4.78, 5) is 24.8. The van der Waals surface area contributed by atoms with Crippen LogP contribution in [-0.2, 0) is 6.42 Å². The van der Waals surface area contributed by atoms with Crippen molar-refractivity contribution in [1.82, 2.24) is 20.3 Å². The van der Waals surface area contributed by atoms with Gasteiger partial charge in [-0.1, -0.05) is 6.07 Å². The van der Waals surface area contributed by atoms with Crippen LogP contribution in [0, 0.1) is 12.8 Å². The first-order valence-corrected chi connectivity index (χ1v) is 8.01. The van der Waals surface area contributed by atoms with Gasteiger partial charge in [-0.2, -0.15) is 0 Å². The number of hydrogen-bond donors (Lipinski definition) is 3. The molecule has 1 amide bonds. The Kier molecular flexibility index (Phi) is 4.71. The SMILES string of the molecule is Cc1nc(N)ncc1C(=O)N[C@@H](Cc1ccccn1)C1CC(O)C1. The third-order valence-electron chi connectivity index (χ3n) is 4.43. The lowest BCUT2D eigenvalue weighted by Gasteiger charge is -2.38. The van der Waals surface area contributed by atoms with Crippen LogP contribution in [0.3, 0.4) is 0 Å². The summed E-state index contributed by atoms with van der Waals surface area (Å²) in [6, 6.07) is 5.63. The minimum Gasteiger partial charge on any atom is -0.393 e. The zero-order chi connectivity index (χ0) is 17.1. The number of hydrogen-bond acceptors (Lipinski definition) is 6. The van der Waals surface area contributed by atoms with E-state index in [9.17, 15) is 9.90 Å². The smallest absolute Gasteiger partial charge is 0.254 e. The average Bonchev–Trinajstić information content (AvgIpc) is 2.52. The van der Waals surface area contributed by atoms with E-state index in [-0.39, 0.29) is 29.9 Å². The summed E-state index contributed by atoms with van der Waals surface area (Å²) in [5.74, 6) is 0.159. The largest absolute Gasteiger partial charge is 0.393 e. The number of aryl methyl sites for hydroxylation is 1. The Morgan fingerprint density at radius 1 is 1.42 bits per heavy atom. The van der Waals surface area contributed by atoms with Crippen molar-refractivity contribution in [2.75, 3.05) is 5.73 Å². The van der Waals surface area contributed by atoms with E-state index in [1.54, 1.807) is 13.1 Å². The zero-order valence-corrected chi connectivity index (χ0v) is 13.5. The zero-order valence-electron chi connectivity index (χ0n) is 13.5. The number of anilines is 1. The summed E-state index contributed by atoms with van der Waals surface area (Å²) in [5, 5.41) is 12.7. The average molecular weight is 327 g/mol. The highest BCUT2D eigenvalue weighted by Gasteiger charge is 2.35. The Bertz CT molecular complexity index is 716. The summed E-state index contributed by atoms with van der Waals surface area (Å²) < 4.78 is 0. The van der Waals surface area contributed by atoms with E-state index < -0.39 is 0 Å². The van der Waals surface area contributed by atoms with Gasteiger partial charge >= 0.3 is 0 Å². The third-order valence-corrected chi connectivity index (χ3v) is 4.43. The molecule has 1 atom stereocenters. The van der Waals surface area contributed by atoms with Crippen molar-refractivity contribution in [2.24, 2.45) is 5.92 Å². The molecule has 0 bridgehead atoms. The Morgan fingerprint density at radius 3 is 2.83 bits per heavy atom. The molecule has 1 aliphatic rings. The predicted octanol–water partition coefficient (Wildman–Crippen LogP) is 0.874. The molecule has 7 heteroatoms. The van der Waals surface area contributed by atoms with Gasteiger partial charge in [0.1, 0.15) is 0 Å². The summed E-state index contributed by atoms with van der Waals surface area (Å²) in [5.41, 5.74) is 7.41. The van der Waals surface area contributed by atoms with Gasteiger partial charge in [0.15, 0.2) is 0 Å². The van der Waals surface area contributed by atoms with Gasteiger partial charge in [-0.25, -0.2) is 9.97 Å². The van der Waals surface area contributed by atoms with Crippen molar-refractivity contribution in [3.8, 4) is 0 Å². The number of rotatable bonds is 5. The molecule has 2 aromatic heterocycles. The molecular formula is C17H21N5O2. The van der Waals surface area contributed by atoms with Crippen molar-refractivity contribution >= 4 is 11.9 Å². The molecule has 0 aromatic carbocycles. The Labute approximate surface area is 140 Å². The van der Waals surface area contributed by atoms with Gasteiger partial charge < -0.3 is 16.2 Å². The number of nitrogen functional groups attached to an aromatic ring is 1. The van der Waals surface area contributed by atoms with Crippen LogP contribution in [0.4, 0.5) is 5.95 Å². The molecule has 1 aliphatic carbocycles. The normalized spacial score (nSPS) is 20.9. The molecule has 0 saturated heterocycles. The summed E-state index contributed by atoms with van der Waals surface area (Å²) in [6.07, 6.45) is 4.91. The lowest BCUT2D eigenvalue weighted by molar-refractivity contribution is 0.0237. The summed E-state index contributed by atoms with van der Waals surface area (Å²) >= 11 is 0. The number of nitrogens with zero attached hydrogens (tertiary/aromatic N) is 3. The van der Waals surface area contributed by atoms with Crippen molar-refractivity contribution < 1.29 is 9.90 Å². The maximum atomic E-state index is 12.6. The molecule has 1 fully saturated rings. The number of aliphatic hydroxyl groups excluding tert-OH is 1. The van der Waals surface area contributed by atoms with Crippen LogP contribution in [-0.4, -0.2) is 38.1 Å². The van der Waals surface area contributed by atoms with Crippen molar-refractivity contribution in [2.45, 2.75) is 38.3 Å². The lowest BCUT2D eigenvalue weighted by atomic mass is 9.76. The number of carbonyl (C=O) groups is 1. The minimum atomic E-state index is -0.278. The van der Waals surface area contributed by atoms with Gasteiger partial charge in [-0.15, -0.1) is 0 Å². The molecule has 7 nitrogen and oxygen atoms in total. The fourth-order valence-electron chi connectivity index (χ4n) is 2.99. The van der Waals surface area contributed by atoms with E-state index in [4.69, 9.17) is 5.73 Å². The highest BCUT2D eigenvalue weighted by Crippen LogP contribution is 2.31. The van der Waals surface area contributed by atoms with E-state index in [1.807, 2.05) is 18.2 Å². The number of nitrogens with one attached hydrogen (secondary N) is 1. The summed E-state index contributed by atoms with van der Waals surface area (Å²) in [6.45, 7) is 1.73. The van der Waals surface area contributed by atoms with Crippen LogP contribution in [0.15, 0.2) is 30.6 Å². The van der Waals surface area contributed by atoms with Gasteiger partial charge in [-0.3, -0.25) is 9.78 Å². The van der Waals surface area contributed by atoms with E-state index in [0.29, 0.717) is 30.5 Å². The minimum absolute atomic E-state index is 0.0900. The quantitative estimate of drug-likeness (QED) is 0.751. The highest BCUT2D eigenvalue weighted by atomic mass is 16.3. The van der Waals surface area contributed by atoms with Crippen molar-refractivity contribution in [3.63, 3.8) is 0 Å². The fraction of sp³-hybridized carbons (Fsp3) is 0.412. The van der Waals surface area contributed by atoms with Gasteiger partial charge in [0, 0.05) is 30.6 Å². The molecule has 0 radical (unpaired) electrons. The standard InChI is InChI=1S/C17H21N5O2/c1-10-14(9-20-17(18)21-10)16(24)22-15(11-6-13(23)7-11)8-12-4-2-3-5-19-12/h2-5,9,11,13,15,23H,6-8H2,1H3,(H,22,24)(H2,18,20,21)/t11?,13?,15-/m0/s1. The van der Waals surface area contributed by atoms with Crippen LogP contribution in [0.25, 0.3) is 0 Å².